The Balaban J connectivity index is -0.00000001000. The van der Waals surface area contributed by atoms with Crippen molar-refractivity contribution in [3.05, 3.63) is 0 Å². The molecule has 21 heavy (non-hydrogen) atoms. The van der Waals surface area contributed by atoms with Crippen molar-refractivity contribution < 1.29 is 110 Å². The molecule has 0 rings (SSSR count). The minimum Gasteiger partial charge on any atom is -1.00 e. The van der Waals surface area contributed by atoms with E-state index >= 15 is 0 Å². The van der Waals surface area contributed by atoms with Crippen LogP contribution in [0.15, 0.2) is 0 Å². The third-order valence-electron chi connectivity index (χ3n) is 0. The van der Waals surface area contributed by atoms with Crippen LogP contribution >= 0.6 is 0 Å². The molecule has 0 aliphatic heterocycles. The van der Waals surface area contributed by atoms with Crippen LogP contribution in [0.1, 0.15) is 1.43 Å². The van der Waals surface area contributed by atoms with Crippen LogP contribution in [-0.4, -0.2) is 89.6 Å². The van der Waals surface area contributed by atoms with Gasteiger partial charge in [-0.25, -0.2) is 0 Å². The first kappa shape index (κ1) is 57.8. The molecule has 0 saturated carbocycles. The van der Waals surface area contributed by atoms with Gasteiger partial charge >= 0.3 is 58.8 Å². The Morgan fingerprint density at radius 3 is 0.333 bits per heavy atom. The molecular weight excluding hydrogens is 334 g/mol. The van der Waals surface area contributed by atoms with Gasteiger partial charge in [0.05, 0.1) is 0 Å². The van der Waals surface area contributed by atoms with Crippen molar-refractivity contribution in [2.24, 2.45) is 0 Å². The van der Waals surface area contributed by atoms with Gasteiger partial charge in [-0.3, -0.25) is 18.8 Å². The molecule has 0 saturated heterocycles. The first-order valence-electron chi connectivity index (χ1n) is 3.10. The molecule has 0 aromatic carbocycles. The van der Waals surface area contributed by atoms with Crippen LogP contribution < -0.4 is 29.6 Å². The van der Waals surface area contributed by atoms with Gasteiger partial charge in [-0.15, -0.1) is 0 Å². The Labute approximate surface area is 139 Å². The number of rotatable bonds is 0. The van der Waals surface area contributed by atoms with E-state index in [1.165, 1.54) is 0 Å². The molecule has 0 aromatic rings. The maximum absolute atomic E-state index is 7.17. The van der Waals surface area contributed by atoms with Gasteiger partial charge in [-0.2, -0.15) is 0 Å². The van der Waals surface area contributed by atoms with E-state index in [9.17, 15) is 0 Å². The summed E-state index contributed by atoms with van der Waals surface area (Å²) in [4.78, 5) is 0. The molecule has 21 heteroatoms. The molecule has 0 radical (unpaired) electrons. The van der Waals surface area contributed by atoms with Crippen LogP contribution in [0.3, 0.4) is 0 Å². The van der Waals surface area contributed by atoms with Crippen LogP contribution in [0.5, 0.6) is 0 Å². The zero-order chi connectivity index (χ0) is 14.3. The van der Waals surface area contributed by atoms with Crippen molar-refractivity contribution >= 4 is 29.3 Å². The summed E-state index contributed by atoms with van der Waals surface area (Å²) in [6.45, 7) is 0. The number of hydrogen-bond donors (Lipinski definition) is 12. The third-order valence-corrected chi connectivity index (χ3v) is 0. The number of hydrogen-bond acceptors (Lipinski definition) is 12. The molecule has 130 valence electrons. The summed E-state index contributed by atoms with van der Waals surface area (Å²) >= 11 is 0. The van der Waals surface area contributed by atoms with Gasteiger partial charge in [0, 0.05) is 0 Å². The summed E-state index contributed by atoms with van der Waals surface area (Å²) in [5, 5.41) is 86.0. The Hall–Kier alpha value is 0.500. The molecule has 12 nitrogen and oxygen atoms in total. The van der Waals surface area contributed by atoms with Crippen molar-refractivity contribution in [2.75, 3.05) is 0 Å². The van der Waals surface area contributed by atoms with E-state index in [0.29, 0.717) is 0 Å². The zero-order valence-electron chi connectivity index (χ0n) is 11.3. The smallest absolute Gasteiger partial charge is 1.00 e. The summed E-state index contributed by atoms with van der Waals surface area (Å²) < 4.78 is 0. The molecular formula is H17B4F4NaO12. The molecule has 0 fully saturated rings. The fourth-order valence-electron chi connectivity index (χ4n) is 0. The summed E-state index contributed by atoms with van der Waals surface area (Å²) in [5.74, 6) is 0. The molecule has 0 bridgehead atoms. The normalized spacial score (nSPS) is 5.14. The van der Waals surface area contributed by atoms with Crippen molar-refractivity contribution in [1.29, 1.82) is 0 Å². The van der Waals surface area contributed by atoms with Gasteiger partial charge in [-0.05, 0) is 0 Å². The van der Waals surface area contributed by atoms with Gasteiger partial charge < -0.3 is 61.7 Å². The molecule has 0 heterocycles. The van der Waals surface area contributed by atoms with E-state index in [-0.39, 0.29) is 49.8 Å². The summed E-state index contributed by atoms with van der Waals surface area (Å²) in [7, 11) is -8.67. The van der Waals surface area contributed by atoms with Crippen molar-refractivity contribution in [2.45, 2.75) is 0 Å². The summed E-state index contributed by atoms with van der Waals surface area (Å²) in [6.07, 6.45) is 0. The Morgan fingerprint density at radius 1 is 0.333 bits per heavy atom. The second-order valence-electron chi connectivity index (χ2n) is 1.39. The van der Waals surface area contributed by atoms with Crippen molar-refractivity contribution in [3.8, 4) is 0 Å². The van der Waals surface area contributed by atoms with E-state index in [4.69, 9.17) is 60.3 Å². The van der Waals surface area contributed by atoms with Gasteiger partial charge in [0.1, 0.15) is 0 Å². The maximum Gasteiger partial charge on any atom is 1.00 e. The van der Waals surface area contributed by atoms with Gasteiger partial charge in [-0.1, -0.05) is 0 Å². The second-order valence-corrected chi connectivity index (χ2v) is 1.39. The average molecular weight is 351 g/mol. The van der Waals surface area contributed by atoms with Crippen LogP contribution in [0.2, 0.25) is 0 Å². The predicted molar refractivity (Wildman–Crippen MR) is 60.8 cm³/mol. The van der Waals surface area contributed by atoms with Crippen LogP contribution in [0, 0.1) is 0 Å². The first-order chi connectivity index (χ1) is 6.93. The summed E-state index contributed by atoms with van der Waals surface area (Å²) in [5.41, 5.74) is 0. The molecule has 0 amide bonds. The van der Waals surface area contributed by atoms with Crippen molar-refractivity contribution in [3.63, 3.8) is 0 Å². The van der Waals surface area contributed by atoms with Crippen LogP contribution in [-0.2, 0) is 0 Å². The van der Waals surface area contributed by atoms with Crippen molar-refractivity contribution in [1.82, 2.24) is 0 Å². The Kier molecular flexibility index (Phi) is 137. The molecule has 0 aliphatic carbocycles. The van der Waals surface area contributed by atoms with E-state index in [1.54, 1.807) is 0 Å². The standard InChI is InChI=1S/4BH3O3.4FH.Na.H/c4*2-1(3)4;;;;;;/h4*2-4H;4*1H;;/q;;;;;;;;+1;-1. The summed E-state index contributed by atoms with van der Waals surface area (Å²) in [6, 6.07) is 0. The Bertz CT molecular complexity index is 82.1. The fourth-order valence-corrected chi connectivity index (χ4v) is 0. The van der Waals surface area contributed by atoms with Gasteiger partial charge in [0.25, 0.3) is 0 Å². The van der Waals surface area contributed by atoms with Crippen LogP contribution in [0.25, 0.3) is 0 Å². The monoisotopic (exact) mass is 352 g/mol. The van der Waals surface area contributed by atoms with E-state index in [1.807, 2.05) is 0 Å². The van der Waals surface area contributed by atoms with Crippen LogP contribution in [0.4, 0.5) is 18.8 Å². The molecule has 12 N–H and O–H groups in total. The molecule has 0 aromatic heterocycles. The second kappa shape index (κ2) is 49.9. The van der Waals surface area contributed by atoms with E-state index < -0.39 is 29.3 Å². The van der Waals surface area contributed by atoms with Gasteiger partial charge in [0.2, 0.25) is 0 Å². The maximum atomic E-state index is 7.17. The van der Waals surface area contributed by atoms with E-state index in [0.717, 1.165) is 0 Å². The molecule has 0 aliphatic rings. The molecule has 0 atom stereocenters. The molecule has 0 unspecified atom stereocenters. The zero-order valence-corrected chi connectivity index (χ0v) is 12.3. The Morgan fingerprint density at radius 2 is 0.333 bits per heavy atom. The largest absolute Gasteiger partial charge is 1.00 e. The average Bonchev–Trinajstić information content (AvgIpc) is 1.76. The first-order valence-corrected chi connectivity index (χ1v) is 3.10. The van der Waals surface area contributed by atoms with E-state index in [2.05, 4.69) is 0 Å². The topological polar surface area (TPSA) is 243 Å². The number of halogens is 4. The third kappa shape index (κ3) is 28100. The predicted octanol–water partition coefficient (Wildman–Crippen LogP) is -10.5. The van der Waals surface area contributed by atoms with Gasteiger partial charge in [0.15, 0.2) is 0 Å². The minimum atomic E-state index is -2.17. The SMILES string of the molecule is F.F.F.F.OB(O)O.OB(O)O.OB(O)O.OB(O)O.[H-].[Na+]. The minimum absolute atomic E-state index is 0. The fraction of sp³-hybridized carbons (Fsp3) is 0. The molecule has 0 spiro atoms. The quantitative estimate of drug-likeness (QED) is 0.144.